The highest BCUT2D eigenvalue weighted by Gasteiger charge is 2.10. The Morgan fingerprint density at radius 3 is 2.22 bits per heavy atom. The second-order valence-corrected chi connectivity index (χ2v) is 5.23. The molecular formula is C12H23IN2O3. The van der Waals surface area contributed by atoms with Crippen LogP contribution in [0.15, 0.2) is 12.3 Å². The number of likely N-dealkylation sites (N-methyl/N-ethyl adjacent to an activating group) is 1. The number of aliphatic hydroxyl groups is 1. The maximum atomic E-state index is 10.7. The van der Waals surface area contributed by atoms with Crippen molar-refractivity contribution in [1.29, 1.82) is 0 Å². The Balaban J connectivity index is 3.94. The molecule has 0 aliphatic carbocycles. The van der Waals surface area contributed by atoms with Gasteiger partial charge in [0.15, 0.2) is 0 Å². The summed E-state index contributed by atoms with van der Waals surface area (Å²) >= 11 is 2.25. The van der Waals surface area contributed by atoms with Gasteiger partial charge in [0.05, 0.1) is 18.8 Å². The lowest BCUT2D eigenvalue weighted by Crippen LogP contribution is -2.35. The van der Waals surface area contributed by atoms with Crippen molar-refractivity contribution in [2.24, 2.45) is 0 Å². The Labute approximate surface area is 123 Å². The van der Waals surface area contributed by atoms with Crippen LogP contribution in [0.5, 0.6) is 0 Å². The fourth-order valence-corrected chi connectivity index (χ4v) is 2.39. The number of nitrogens with zero attached hydrogens (tertiary/aromatic N) is 2. The maximum Gasteiger partial charge on any atom is 0.317 e. The topological polar surface area (TPSA) is 64.0 Å². The van der Waals surface area contributed by atoms with E-state index in [2.05, 4.69) is 34.1 Å². The van der Waals surface area contributed by atoms with Crippen LogP contribution in [0.4, 0.5) is 0 Å². The Hall–Kier alpha value is -0.340. The second kappa shape index (κ2) is 10.6. The van der Waals surface area contributed by atoms with E-state index in [1.807, 2.05) is 11.8 Å². The third-order valence-corrected chi connectivity index (χ3v) is 3.04. The molecule has 0 aromatic rings. The zero-order chi connectivity index (χ0) is 14.0. The molecule has 5 nitrogen and oxygen atoms in total. The van der Waals surface area contributed by atoms with Crippen molar-refractivity contribution in [3.63, 3.8) is 0 Å². The van der Waals surface area contributed by atoms with Crippen molar-refractivity contribution in [2.75, 3.05) is 43.7 Å². The summed E-state index contributed by atoms with van der Waals surface area (Å²) in [5, 5.41) is 17.9. The molecule has 0 spiro atoms. The van der Waals surface area contributed by atoms with E-state index < -0.39 is 5.97 Å². The molecule has 0 aliphatic heterocycles. The van der Waals surface area contributed by atoms with Crippen molar-refractivity contribution >= 4 is 28.6 Å². The van der Waals surface area contributed by atoms with Gasteiger partial charge in [-0.2, -0.15) is 0 Å². The number of hydrogen-bond acceptors (Lipinski definition) is 4. The number of rotatable bonds is 11. The number of aliphatic hydroxyl groups excluding tert-OH is 1. The van der Waals surface area contributed by atoms with Crippen LogP contribution in [0.25, 0.3) is 0 Å². The van der Waals surface area contributed by atoms with Gasteiger partial charge in [-0.3, -0.25) is 14.6 Å². The molecule has 0 saturated carbocycles. The summed E-state index contributed by atoms with van der Waals surface area (Å²) in [6.07, 6.45) is 0.894. The Morgan fingerprint density at radius 2 is 1.78 bits per heavy atom. The Kier molecular flexibility index (Phi) is 10.4. The van der Waals surface area contributed by atoms with Crippen LogP contribution in [0.2, 0.25) is 0 Å². The number of carboxylic acid groups (broad SMARTS) is 1. The first-order chi connectivity index (χ1) is 8.49. The summed E-state index contributed by atoms with van der Waals surface area (Å²) in [4.78, 5) is 14.7. The quantitative estimate of drug-likeness (QED) is 0.329. The lowest BCUT2D eigenvalue weighted by atomic mass is 10.3. The molecule has 0 bridgehead atoms. The number of aliphatic carboxylic acids is 1. The molecule has 0 atom stereocenters. The zero-order valence-electron chi connectivity index (χ0n) is 10.9. The minimum Gasteiger partial charge on any atom is -0.512 e. The van der Waals surface area contributed by atoms with Crippen LogP contribution in [0.3, 0.4) is 0 Å². The molecule has 6 heteroatoms. The summed E-state index contributed by atoms with van der Waals surface area (Å²) in [5.74, 6) is -0.609. The number of carbonyl (C=O) groups is 1. The van der Waals surface area contributed by atoms with Crippen LogP contribution in [0, 0.1) is 0 Å². The fraction of sp³-hybridized carbons (Fsp3) is 0.750. The highest BCUT2D eigenvalue weighted by Crippen LogP contribution is 1.99. The van der Waals surface area contributed by atoms with Crippen molar-refractivity contribution < 1.29 is 15.0 Å². The van der Waals surface area contributed by atoms with Gasteiger partial charge in [0.1, 0.15) is 0 Å². The van der Waals surface area contributed by atoms with Crippen LogP contribution in [-0.2, 0) is 4.79 Å². The number of carboxylic acids is 1. The average molecular weight is 370 g/mol. The molecule has 0 radical (unpaired) electrons. The lowest BCUT2D eigenvalue weighted by Gasteiger charge is -2.23. The van der Waals surface area contributed by atoms with E-state index in [0.29, 0.717) is 6.54 Å². The van der Waals surface area contributed by atoms with E-state index in [1.54, 1.807) is 0 Å². The molecule has 2 N–H and O–H groups in total. The van der Waals surface area contributed by atoms with Gasteiger partial charge in [-0.1, -0.05) is 36.1 Å². The van der Waals surface area contributed by atoms with Gasteiger partial charge in [0.2, 0.25) is 0 Å². The molecule has 0 saturated heterocycles. The largest absolute Gasteiger partial charge is 0.512 e. The lowest BCUT2D eigenvalue weighted by molar-refractivity contribution is -0.138. The molecule has 0 aliphatic rings. The zero-order valence-corrected chi connectivity index (χ0v) is 13.1. The van der Waals surface area contributed by atoms with E-state index in [1.165, 1.54) is 0 Å². The summed E-state index contributed by atoms with van der Waals surface area (Å²) in [7, 11) is 0. The highest BCUT2D eigenvalue weighted by molar-refractivity contribution is 14.1. The predicted octanol–water partition coefficient (Wildman–Crippen LogP) is 1.59. The molecule has 0 unspecified atom stereocenters. The van der Waals surface area contributed by atoms with Gasteiger partial charge in [-0.15, -0.1) is 0 Å². The van der Waals surface area contributed by atoms with E-state index in [-0.39, 0.29) is 12.3 Å². The summed E-state index contributed by atoms with van der Waals surface area (Å²) in [6, 6.07) is 0. The predicted molar refractivity (Wildman–Crippen MR) is 81.5 cm³/mol. The van der Waals surface area contributed by atoms with Gasteiger partial charge in [-0.25, -0.2) is 0 Å². The van der Waals surface area contributed by atoms with Gasteiger partial charge in [0.25, 0.3) is 0 Å². The highest BCUT2D eigenvalue weighted by atomic mass is 127. The second-order valence-electron chi connectivity index (χ2n) is 4.15. The average Bonchev–Trinajstić information content (AvgIpc) is 2.26. The van der Waals surface area contributed by atoms with E-state index in [4.69, 9.17) is 10.2 Å². The van der Waals surface area contributed by atoms with Gasteiger partial charge in [0, 0.05) is 11.0 Å². The molecule has 18 heavy (non-hydrogen) atoms. The van der Waals surface area contributed by atoms with Crippen LogP contribution < -0.4 is 0 Å². The first-order valence-electron chi connectivity index (χ1n) is 6.08. The Morgan fingerprint density at radius 1 is 1.17 bits per heavy atom. The number of alkyl halides is 1. The van der Waals surface area contributed by atoms with Crippen molar-refractivity contribution in [3.05, 3.63) is 12.3 Å². The number of hydrogen-bond donors (Lipinski definition) is 2. The standard InChI is InChI=1S/C12H23IN2O3/c1-3-14(9-11(2)16)6-4-7-15(8-5-13)10-12(17)18/h16H,2-10H2,1H3,(H,17,18). The van der Waals surface area contributed by atoms with E-state index in [9.17, 15) is 4.79 Å². The van der Waals surface area contributed by atoms with Crippen LogP contribution in [-0.4, -0.2) is 69.7 Å². The number of halogens is 1. The normalized spacial score (nSPS) is 11.1. The van der Waals surface area contributed by atoms with E-state index in [0.717, 1.165) is 37.0 Å². The SMILES string of the molecule is C=C(O)CN(CC)CCCN(CCI)CC(=O)O. The molecule has 0 fully saturated rings. The van der Waals surface area contributed by atoms with Crippen molar-refractivity contribution in [3.8, 4) is 0 Å². The maximum absolute atomic E-state index is 10.7. The van der Waals surface area contributed by atoms with Gasteiger partial charge >= 0.3 is 5.97 Å². The minimum atomic E-state index is -0.782. The monoisotopic (exact) mass is 370 g/mol. The third-order valence-electron chi connectivity index (χ3n) is 2.56. The molecule has 0 amide bonds. The first kappa shape index (κ1) is 17.7. The first-order valence-corrected chi connectivity index (χ1v) is 7.61. The summed E-state index contributed by atoms with van der Waals surface area (Å²) < 4.78 is 0.927. The Bertz CT molecular complexity index is 262. The fourth-order valence-electron chi connectivity index (χ4n) is 1.71. The van der Waals surface area contributed by atoms with Gasteiger partial charge < -0.3 is 10.2 Å². The molecular weight excluding hydrogens is 347 g/mol. The minimum absolute atomic E-state index is 0.0990. The van der Waals surface area contributed by atoms with Crippen LogP contribution >= 0.6 is 22.6 Å². The summed E-state index contributed by atoms with van der Waals surface area (Å²) in [5.41, 5.74) is 0. The molecule has 0 heterocycles. The molecule has 0 aromatic heterocycles. The van der Waals surface area contributed by atoms with Crippen LogP contribution in [0.1, 0.15) is 13.3 Å². The molecule has 0 aromatic carbocycles. The summed E-state index contributed by atoms with van der Waals surface area (Å²) in [6.45, 7) is 9.35. The van der Waals surface area contributed by atoms with Crippen molar-refractivity contribution in [2.45, 2.75) is 13.3 Å². The smallest absolute Gasteiger partial charge is 0.317 e. The van der Waals surface area contributed by atoms with Gasteiger partial charge in [-0.05, 0) is 26.1 Å². The van der Waals surface area contributed by atoms with E-state index >= 15 is 0 Å². The molecule has 106 valence electrons. The molecule has 0 rings (SSSR count). The third kappa shape index (κ3) is 9.67. The van der Waals surface area contributed by atoms with Crippen molar-refractivity contribution in [1.82, 2.24) is 9.80 Å².